The van der Waals surface area contributed by atoms with Crippen molar-refractivity contribution in [3.63, 3.8) is 0 Å². The molecule has 0 aliphatic carbocycles. The maximum absolute atomic E-state index is 14.8. The Morgan fingerprint density at radius 1 is 1.11 bits per heavy atom. The quantitative estimate of drug-likeness (QED) is 0.339. The van der Waals surface area contributed by atoms with Gasteiger partial charge in [0.15, 0.2) is 5.69 Å². The summed E-state index contributed by atoms with van der Waals surface area (Å²) in [5.41, 5.74) is 8.07. The van der Waals surface area contributed by atoms with Crippen LogP contribution in [0.25, 0.3) is 15.9 Å². The number of pyridine rings is 1. The number of halogens is 4. The van der Waals surface area contributed by atoms with Crippen LogP contribution in [0.15, 0.2) is 36.4 Å². The first-order chi connectivity index (χ1) is 17.3. The van der Waals surface area contributed by atoms with Gasteiger partial charge in [0, 0.05) is 27.3 Å². The van der Waals surface area contributed by atoms with Crippen LogP contribution in [0.4, 0.5) is 24.7 Å². The monoisotopic (exact) mass is 511 g/mol. The predicted octanol–water partition coefficient (Wildman–Crippen LogP) is 5.64. The molecule has 7 nitrogen and oxygen atoms in total. The Kier molecular flexibility index (Phi) is 6.04. The second-order valence-electron chi connectivity index (χ2n) is 8.25. The van der Waals surface area contributed by atoms with Gasteiger partial charge in [-0.05, 0) is 30.3 Å². The van der Waals surface area contributed by atoms with Gasteiger partial charge in [-0.15, -0.1) is 0 Å². The van der Waals surface area contributed by atoms with Crippen molar-refractivity contribution in [1.29, 1.82) is 0 Å². The van der Waals surface area contributed by atoms with Gasteiger partial charge < -0.3 is 20.4 Å². The summed E-state index contributed by atoms with van der Waals surface area (Å²) in [7, 11) is 0. The zero-order chi connectivity index (χ0) is 25.6. The van der Waals surface area contributed by atoms with E-state index >= 15 is 0 Å². The highest BCUT2D eigenvalue weighted by Gasteiger charge is 2.26. The molecule has 0 saturated carbocycles. The highest BCUT2D eigenvalue weighted by Crippen LogP contribution is 2.32. The van der Waals surface area contributed by atoms with Crippen LogP contribution in [-0.4, -0.2) is 20.8 Å². The highest BCUT2D eigenvalue weighted by atomic mass is 35.5. The molecule has 11 heteroatoms. The minimum absolute atomic E-state index is 0.0189. The van der Waals surface area contributed by atoms with Crippen molar-refractivity contribution in [1.82, 2.24) is 14.9 Å². The third kappa shape index (κ3) is 4.12. The summed E-state index contributed by atoms with van der Waals surface area (Å²) in [5.74, 6) is -2.92. The fraction of sp³-hybridized carbons (Fsp3) is 0.160. The number of nitrogen functional groups attached to an aromatic ring is 1. The number of carbonyl (C=O) groups is 1. The molecule has 1 amide bonds. The minimum Gasteiger partial charge on any atom is -0.383 e. The van der Waals surface area contributed by atoms with Gasteiger partial charge in [-0.25, -0.2) is 23.0 Å². The third-order valence-corrected chi connectivity index (χ3v) is 6.38. The number of aromatic amines is 1. The number of ether oxygens (including phenoxy) is 1. The van der Waals surface area contributed by atoms with Crippen LogP contribution < -0.4 is 5.73 Å². The molecule has 4 aromatic rings. The lowest BCUT2D eigenvalue weighted by atomic mass is 10.1. The zero-order valence-corrected chi connectivity index (χ0v) is 19.3. The van der Waals surface area contributed by atoms with Crippen LogP contribution in [0.1, 0.15) is 32.7 Å². The Hall–Kier alpha value is -4.07. The lowest BCUT2D eigenvalue weighted by Gasteiger charge is -2.24. The SMILES string of the molecule is [C-]#[N+]c1cc(F)c(CN(Cc2c(F)cccc2F)C(=O)c2cc3nc(N)c4c(c3[nH]2)COC4)c(Cl)c1. The Bertz CT molecular complexity index is 1540. The molecule has 0 saturated heterocycles. The molecule has 0 bridgehead atoms. The molecule has 0 fully saturated rings. The number of nitrogens with zero attached hydrogens (tertiary/aromatic N) is 3. The Labute approximate surface area is 208 Å². The van der Waals surface area contributed by atoms with E-state index in [-0.39, 0.29) is 40.0 Å². The van der Waals surface area contributed by atoms with Crippen molar-refractivity contribution < 1.29 is 22.7 Å². The first kappa shape index (κ1) is 23.7. The Morgan fingerprint density at radius 2 is 1.81 bits per heavy atom. The average molecular weight is 512 g/mol. The summed E-state index contributed by atoms with van der Waals surface area (Å²) in [5, 5.41) is -0.0890. The number of nitrogens with one attached hydrogen (secondary N) is 1. The van der Waals surface area contributed by atoms with E-state index in [1.165, 1.54) is 18.2 Å². The van der Waals surface area contributed by atoms with E-state index in [2.05, 4.69) is 14.8 Å². The number of rotatable bonds is 5. The van der Waals surface area contributed by atoms with Gasteiger partial charge in [0.1, 0.15) is 29.0 Å². The standard InChI is InChI=1S/C25H17ClF3N5O2/c1-31-12-5-17(26)13(20(29)6-12)8-34(9-14-18(27)3-2-4-19(14)28)25(35)22-7-21-23(32-22)15-10-36-11-16(15)24(30)33-21/h2-7,32H,8-11H2,(H2,30,33). The number of hydrogen-bond acceptors (Lipinski definition) is 4. The van der Waals surface area contributed by atoms with Crippen molar-refractivity contribution in [3.8, 4) is 0 Å². The maximum atomic E-state index is 14.8. The topological polar surface area (TPSA) is 88.6 Å². The molecule has 2 aromatic heterocycles. The Balaban J connectivity index is 1.58. The third-order valence-electron chi connectivity index (χ3n) is 6.04. The summed E-state index contributed by atoms with van der Waals surface area (Å²) in [6, 6.07) is 7.06. The normalized spacial score (nSPS) is 12.5. The number of hydrogen-bond donors (Lipinski definition) is 2. The lowest BCUT2D eigenvalue weighted by Crippen LogP contribution is -2.31. The smallest absolute Gasteiger partial charge is 0.270 e. The largest absolute Gasteiger partial charge is 0.383 e. The summed E-state index contributed by atoms with van der Waals surface area (Å²) >= 11 is 6.20. The first-order valence-corrected chi connectivity index (χ1v) is 11.1. The van der Waals surface area contributed by atoms with Crippen molar-refractivity contribution in [3.05, 3.63) is 98.2 Å². The molecule has 1 aliphatic rings. The predicted molar refractivity (Wildman–Crippen MR) is 127 cm³/mol. The van der Waals surface area contributed by atoms with Gasteiger partial charge in [-0.3, -0.25) is 4.79 Å². The molecule has 3 N–H and O–H groups in total. The number of nitrogens with two attached hydrogens (primary N) is 1. The van der Waals surface area contributed by atoms with E-state index in [4.69, 9.17) is 28.6 Å². The van der Waals surface area contributed by atoms with Crippen molar-refractivity contribution in [2.45, 2.75) is 26.3 Å². The molecule has 0 unspecified atom stereocenters. The minimum atomic E-state index is -0.858. The Morgan fingerprint density at radius 3 is 2.50 bits per heavy atom. The van der Waals surface area contributed by atoms with Crippen molar-refractivity contribution in [2.75, 3.05) is 5.73 Å². The molecule has 0 radical (unpaired) electrons. The van der Waals surface area contributed by atoms with E-state index in [1.807, 2.05) is 0 Å². The van der Waals surface area contributed by atoms with E-state index in [0.29, 0.717) is 17.6 Å². The second-order valence-corrected chi connectivity index (χ2v) is 8.66. The van der Waals surface area contributed by atoms with Gasteiger partial charge in [0.05, 0.1) is 43.9 Å². The molecule has 5 rings (SSSR count). The number of H-pyrrole nitrogens is 1. The van der Waals surface area contributed by atoms with Crippen molar-refractivity contribution >= 4 is 40.0 Å². The lowest BCUT2D eigenvalue weighted by molar-refractivity contribution is 0.0720. The molecular weight excluding hydrogens is 495 g/mol. The summed E-state index contributed by atoms with van der Waals surface area (Å²) in [6.45, 7) is 6.72. The molecule has 36 heavy (non-hydrogen) atoms. The van der Waals surface area contributed by atoms with Crippen LogP contribution in [0.2, 0.25) is 5.02 Å². The van der Waals surface area contributed by atoms with Crippen LogP contribution in [0.3, 0.4) is 0 Å². The number of benzene rings is 2. The number of anilines is 1. The molecule has 0 spiro atoms. The molecule has 182 valence electrons. The molecule has 2 aromatic carbocycles. The number of fused-ring (bicyclic) bond motifs is 3. The average Bonchev–Trinajstić information content (AvgIpc) is 3.49. The van der Waals surface area contributed by atoms with Crippen LogP contribution >= 0.6 is 11.6 Å². The van der Waals surface area contributed by atoms with E-state index in [0.717, 1.165) is 34.2 Å². The number of amides is 1. The van der Waals surface area contributed by atoms with E-state index in [9.17, 15) is 18.0 Å². The van der Waals surface area contributed by atoms with Gasteiger partial charge in [0.25, 0.3) is 5.91 Å². The summed E-state index contributed by atoms with van der Waals surface area (Å²) < 4.78 is 49.2. The highest BCUT2D eigenvalue weighted by molar-refractivity contribution is 6.31. The fourth-order valence-corrected chi connectivity index (χ4v) is 4.46. The summed E-state index contributed by atoms with van der Waals surface area (Å²) in [4.78, 5) is 25.2. The zero-order valence-electron chi connectivity index (χ0n) is 18.5. The number of carbonyl (C=O) groups excluding carboxylic acids is 1. The number of aromatic nitrogens is 2. The van der Waals surface area contributed by atoms with Gasteiger partial charge in [-0.2, -0.15) is 0 Å². The van der Waals surface area contributed by atoms with E-state index in [1.54, 1.807) is 0 Å². The van der Waals surface area contributed by atoms with Crippen LogP contribution in [0.5, 0.6) is 0 Å². The molecule has 0 atom stereocenters. The van der Waals surface area contributed by atoms with Crippen LogP contribution in [0, 0.1) is 24.0 Å². The fourth-order valence-electron chi connectivity index (χ4n) is 4.20. The van der Waals surface area contributed by atoms with Gasteiger partial charge in [-0.1, -0.05) is 17.7 Å². The summed E-state index contributed by atoms with van der Waals surface area (Å²) in [6.07, 6.45) is 0. The maximum Gasteiger partial charge on any atom is 0.270 e. The molecule has 3 heterocycles. The first-order valence-electron chi connectivity index (χ1n) is 10.7. The molecular formula is C25H17ClF3N5O2. The van der Waals surface area contributed by atoms with Crippen LogP contribution in [-0.2, 0) is 31.0 Å². The molecule has 1 aliphatic heterocycles. The van der Waals surface area contributed by atoms with Crippen molar-refractivity contribution in [2.24, 2.45) is 0 Å². The second kappa shape index (κ2) is 9.18. The van der Waals surface area contributed by atoms with E-state index < -0.39 is 36.4 Å². The van der Waals surface area contributed by atoms with Gasteiger partial charge >= 0.3 is 0 Å². The van der Waals surface area contributed by atoms with Gasteiger partial charge in [0.2, 0.25) is 0 Å².